The Balaban J connectivity index is 1.65. The number of aromatic nitrogens is 2. The minimum atomic E-state index is 0.0153. The number of nitrogens with one attached hydrogen (secondary N) is 2. The highest BCUT2D eigenvalue weighted by molar-refractivity contribution is 5.85. The van der Waals surface area contributed by atoms with E-state index in [1.807, 2.05) is 24.3 Å². The largest absolute Gasteiger partial charge is 0.352 e. The van der Waals surface area contributed by atoms with E-state index in [2.05, 4.69) is 33.7 Å². The second-order valence-electron chi connectivity index (χ2n) is 4.74. The van der Waals surface area contributed by atoms with Crippen molar-refractivity contribution >= 4 is 16.7 Å². The summed E-state index contributed by atoms with van der Waals surface area (Å²) < 4.78 is 0. The molecule has 0 fully saturated rings. The molecule has 0 aliphatic heterocycles. The molecular formula is C16H15N3O. The van der Waals surface area contributed by atoms with Crippen LogP contribution >= 0.6 is 0 Å². The van der Waals surface area contributed by atoms with E-state index in [0.717, 1.165) is 16.5 Å². The molecule has 0 saturated carbocycles. The zero-order valence-corrected chi connectivity index (χ0v) is 11.0. The van der Waals surface area contributed by atoms with E-state index in [1.165, 1.54) is 5.39 Å². The van der Waals surface area contributed by atoms with Crippen molar-refractivity contribution in [3.63, 3.8) is 0 Å². The van der Waals surface area contributed by atoms with Crippen LogP contribution in [0.4, 0.5) is 0 Å². The fourth-order valence-corrected chi connectivity index (χ4v) is 2.17. The van der Waals surface area contributed by atoms with Gasteiger partial charge in [-0.25, -0.2) is 0 Å². The van der Waals surface area contributed by atoms with Gasteiger partial charge in [0, 0.05) is 18.3 Å². The second kappa shape index (κ2) is 5.57. The summed E-state index contributed by atoms with van der Waals surface area (Å²) >= 11 is 0. The number of fused-ring (bicyclic) bond motifs is 1. The van der Waals surface area contributed by atoms with Crippen LogP contribution in [0.15, 0.2) is 54.9 Å². The molecule has 0 atom stereocenters. The third kappa shape index (κ3) is 2.85. The van der Waals surface area contributed by atoms with Gasteiger partial charge >= 0.3 is 0 Å². The normalized spacial score (nSPS) is 10.6. The van der Waals surface area contributed by atoms with Crippen LogP contribution in [0, 0.1) is 0 Å². The first-order valence-electron chi connectivity index (χ1n) is 6.53. The highest BCUT2D eigenvalue weighted by Gasteiger charge is 2.04. The van der Waals surface area contributed by atoms with Gasteiger partial charge in [-0.2, -0.15) is 5.10 Å². The van der Waals surface area contributed by atoms with Crippen LogP contribution in [0.5, 0.6) is 0 Å². The Bertz CT molecular complexity index is 719. The van der Waals surface area contributed by atoms with Crippen molar-refractivity contribution in [1.29, 1.82) is 0 Å². The number of rotatable bonds is 4. The number of hydrogen-bond acceptors (Lipinski definition) is 2. The van der Waals surface area contributed by atoms with Crippen molar-refractivity contribution in [1.82, 2.24) is 15.5 Å². The topological polar surface area (TPSA) is 57.8 Å². The smallest absolute Gasteiger partial charge is 0.224 e. The van der Waals surface area contributed by atoms with Crippen molar-refractivity contribution in [3.05, 3.63) is 66.0 Å². The molecule has 1 heterocycles. The maximum atomic E-state index is 11.9. The van der Waals surface area contributed by atoms with Gasteiger partial charge in [-0.1, -0.05) is 42.5 Å². The van der Waals surface area contributed by atoms with E-state index in [4.69, 9.17) is 0 Å². The lowest BCUT2D eigenvalue weighted by Gasteiger charge is -2.05. The molecule has 0 unspecified atom stereocenters. The van der Waals surface area contributed by atoms with Gasteiger partial charge in [0.05, 0.1) is 12.6 Å². The molecule has 0 radical (unpaired) electrons. The number of nitrogens with zero attached hydrogens (tertiary/aromatic N) is 1. The van der Waals surface area contributed by atoms with Gasteiger partial charge in [0.15, 0.2) is 0 Å². The van der Waals surface area contributed by atoms with Gasteiger partial charge in [0.2, 0.25) is 5.91 Å². The van der Waals surface area contributed by atoms with Gasteiger partial charge in [-0.05, 0) is 16.3 Å². The summed E-state index contributed by atoms with van der Waals surface area (Å²) in [5.74, 6) is 0.0153. The first-order valence-corrected chi connectivity index (χ1v) is 6.53. The van der Waals surface area contributed by atoms with Crippen molar-refractivity contribution in [2.24, 2.45) is 0 Å². The molecule has 1 aromatic heterocycles. The molecule has 2 N–H and O–H groups in total. The van der Waals surface area contributed by atoms with E-state index < -0.39 is 0 Å². The van der Waals surface area contributed by atoms with Crippen LogP contribution in [0.3, 0.4) is 0 Å². The lowest BCUT2D eigenvalue weighted by Crippen LogP contribution is -2.24. The van der Waals surface area contributed by atoms with E-state index in [1.54, 1.807) is 12.4 Å². The van der Waals surface area contributed by atoms with E-state index in [9.17, 15) is 4.79 Å². The summed E-state index contributed by atoms with van der Waals surface area (Å²) in [4.78, 5) is 11.9. The number of amides is 1. The Hall–Kier alpha value is -2.62. The molecule has 3 aromatic rings. The Morgan fingerprint density at radius 1 is 1.10 bits per heavy atom. The van der Waals surface area contributed by atoms with Crippen molar-refractivity contribution in [2.75, 3.05) is 0 Å². The molecule has 100 valence electrons. The van der Waals surface area contributed by atoms with Crippen molar-refractivity contribution < 1.29 is 4.79 Å². The van der Waals surface area contributed by atoms with Gasteiger partial charge in [-0.3, -0.25) is 9.89 Å². The molecule has 0 aliphatic carbocycles. The van der Waals surface area contributed by atoms with Gasteiger partial charge in [0.1, 0.15) is 0 Å². The summed E-state index contributed by atoms with van der Waals surface area (Å²) in [5, 5.41) is 11.8. The molecule has 0 aliphatic rings. The lowest BCUT2D eigenvalue weighted by molar-refractivity contribution is -0.120. The van der Waals surface area contributed by atoms with Crippen LogP contribution in [0.2, 0.25) is 0 Å². The molecule has 4 nitrogen and oxygen atoms in total. The molecule has 0 bridgehead atoms. The van der Waals surface area contributed by atoms with Crippen LogP contribution in [0.1, 0.15) is 11.1 Å². The van der Waals surface area contributed by atoms with Crippen LogP contribution in [-0.2, 0) is 17.8 Å². The number of carbonyl (C=O) groups excluding carboxylic acids is 1. The third-order valence-electron chi connectivity index (χ3n) is 3.22. The molecular weight excluding hydrogens is 250 g/mol. The quantitative estimate of drug-likeness (QED) is 0.761. The molecule has 1 amide bonds. The Kier molecular flexibility index (Phi) is 3.46. The first kappa shape index (κ1) is 12.4. The fourth-order valence-electron chi connectivity index (χ4n) is 2.17. The average molecular weight is 265 g/mol. The molecule has 0 saturated heterocycles. The SMILES string of the molecule is O=C(Cc1ccc2ccccc2c1)NCc1cn[nH]c1. The molecule has 2 aromatic carbocycles. The number of hydrogen-bond donors (Lipinski definition) is 2. The monoisotopic (exact) mass is 265 g/mol. The molecule has 0 spiro atoms. The van der Waals surface area contributed by atoms with Crippen LogP contribution in [0.25, 0.3) is 10.8 Å². The van der Waals surface area contributed by atoms with Gasteiger partial charge in [0.25, 0.3) is 0 Å². The zero-order chi connectivity index (χ0) is 13.8. The molecule has 4 heteroatoms. The summed E-state index contributed by atoms with van der Waals surface area (Å²) in [6, 6.07) is 14.3. The highest BCUT2D eigenvalue weighted by Crippen LogP contribution is 2.15. The summed E-state index contributed by atoms with van der Waals surface area (Å²) in [7, 11) is 0. The van der Waals surface area contributed by atoms with Crippen molar-refractivity contribution in [2.45, 2.75) is 13.0 Å². The average Bonchev–Trinajstić information content (AvgIpc) is 2.98. The maximum Gasteiger partial charge on any atom is 0.224 e. The Labute approximate surface area is 116 Å². The van der Waals surface area contributed by atoms with Crippen LogP contribution in [-0.4, -0.2) is 16.1 Å². The highest BCUT2D eigenvalue weighted by atomic mass is 16.1. The first-order chi connectivity index (χ1) is 9.81. The summed E-state index contributed by atoms with van der Waals surface area (Å²) in [6.07, 6.45) is 3.87. The Morgan fingerprint density at radius 2 is 1.95 bits per heavy atom. The minimum Gasteiger partial charge on any atom is -0.352 e. The predicted octanol–water partition coefficient (Wildman–Crippen LogP) is 2.42. The number of aromatic amines is 1. The number of benzene rings is 2. The molecule has 3 rings (SSSR count). The Morgan fingerprint density at radius 3 is 2.75 bits per heavy atom. The van der Waals surface area contributed by atoms with E-state index >= 15 is 0 Å². The van der Waals surface area contributed by atoms with Crippen LogP contribution < -0.4 is 5.32 Å². The van der Waals surface area contributed by atoms with Gasteiger partial charge in [-0.15, -0.1) is 0 Å². The van der Waals surface area contributed by atoms with Crippen molar-refractivity contribution in [3.8, 4) is 0 Å². The predicted molar refractivity (Wildman–Crippen MR) is 78.1 cm³/mol. The lowest BCUT2D eigenvalue weighted by atomic mass is 10.0. The fraction of sp³-hybridized carbons (Fsp3) is 0.125. The second-order valence-corrected chi connectivity index (χ2v) is 4.74. The minimum absolute atomic E-state index is 0.0153. The van der Waals surface area contributed by atoms with E-state index in [0.29, 0.717) is 13.0 Å². The van der Waals surface area contributed by atoms with Gasteiger partial charge < -0.3 is 5.32 Å². The third-order valence-corrected chi connectivity index (χ3v) is 3.22. The molecule has 20 heavy (non-hydrogen) atoms. The summed E-state index contributed by atoms with van der Waals surface area (Å²) in [6.45, 7) is 0.503. The standard InChI is InChI=1S/C16H15N3O/c20-16(17-9-13-10-18-19-11-13)8-12-5-6-14-3-1-2-4-15(14)7-12/h1-7,10-11H,8-9H2,(H,17,20)(H,18,19). The number of H-pyrrole nitrogens is 1. The van der Waals surface area contributed by atoms with E-state index in [-0.39, 0.29) is 5.91 Å². The zero-order valence-electron chi connectivity index (χ0n) is 11.0. The number of carbonyl (C=O) groups is 1. The summed E-state index contributed by atoms with van der Waals surface area (Å²) in [5.41, 5.74) is 1.99. The maximum absolute atomic E-state index is 11.9.